The van der Waals surface area contributed by atoms with Crippen molar-refractivity contribution in [3.8, 4) is 0 Å². The molecule has 1 fully saturated rings. The van der Waals surface area contributed by atoms with Crippen molar-refractivity contribution in [3.63, 3.8) is 0 Å². The Labute approximate surface area is 203 Å². The summed E-state index contributed by atoms with van der Waals surface area (Å²) in [5.41, 5.74) is 4.17. The van der Waals surface area contributed by atoms with Crippen molar-refractivity contribution in [2.24, 2.45) is 0 Å². The van der Waals surface area contributed by atoms with E-state index in [1.165, 1.54) is 23.1 Å². The summed E-state index contributed by atoms with van der Waals surface area (Å²) >= 11 is 7.17. The van der Waals surface area contributed by atoms with Gasteiger partial charge in [-0.2, -0.15) is 0 Å². The predicted octanol–water partition coefficient (Wildman–Crippen LogP) is 5.92. The third-order valence-corrected chi connectivity index (χ3v) is 6.51. The van der Waals surface area contributed by atoms with Crippen molar-refractivity contribution >= 4 is 56.7 Å². The number of piperazine rings is 1. The molecule has 2 aliphatic rings. The van der Waals surface area contributed by atoms with Crippen LogP contribution in [0.1, 0.15) is 35.6 Å². The largest absolute Gasteiger partial charge is 0.372 e. The van der Waals surface area contributed by atoms with Crippen LogP contribution in [0.3, 0.4) is 0 Å². The van der Waals surface area contributed by atoms with Crippen molar-refractivity contribution < 1.29 is 4.74 Å². The fraction of sp³-hybridized carbons (Fsp3) is 0.455. The van der Waals surface area contributed by atoms with E-state index in [1.54, 1.807) is 0 Å². The van der Waals surface area contributed by atoms with Crippen LogP contribution in [0.4, 0.5) is 0 Å². The van der Waals surface area contributed by atoms with Gasteiger partial charge in [0.1, 0.15) is 0 Å². The molecule has 160 valence electrons. The molecule has 1 saturated heterocycles. The van der Waals surface area contributed by atoms with Crippen molar-refractivity contribution in [1.29, 1.82) is 0 Å². The lowest BCUT2D eigenvalue weighted by molar-refractivity contribution is -0.0320. The average molecular weight is 567 g/mol. The van der Waals surface area contributed by atoms with Gasteiger partial charge in [-0.15, -0.1) is 24.8 Å². The van der Waals surface area contributed by atoms with E-state index in [9.17, 15) is 0 Å². The van der Waals surface area contributed by atoms with Gasteiger partial charge in [0.25, 0.3) is 0 Å². The van der Waals surface area contributed by atoms with E-state index >= 15 is 0 Å². The van der Waals surface area contributed by atoms with Gasteiger partial charge in [0.15, 0.2) is 0 Å². The maximum absolute atomic E-state index is 6.58. The third kappa shape index (κ3) is 6.42. The van der Waals surface area contributed by atoms with Crippen LogP contribution < -0.4 is 5.32 Å². The molecule has 1 aliphatic carbocycles. The SMILES string of the molecule is Brc1cc(Br)cc(CO[C@H]2CCCc3ccccc3[C@@H]2N2CCNCC2)c1.Cl.Cl. The zero-order valence-electron chi connectivity index (χ0n) is 16.3. The zero-order chi connectivity index (χ0) is 18.6. The Bertz CT molecular complexity index is 767. The van der Waals surface area contributed by atoms with E-state index in [0.29, 0.717) is 12.6 Å². The predicted molar refractivity (Wildman–Crippen MR) is 131 cm³/mol. The van der Waals surface area contributed by atoms with E-state index in [-0.39, 0.29) is 30.9 Å². The molecule has 0 unspecified atom stereocenters. The van der Waals surface area contributed by atoms with Gasteiger partial charge in [-0.05, 0) is 54.2 Å². The minimum Gasteiger partial charge on any atom is -0.372 e. The highest BCUT2D eigenvalue weighted by Gasteiger charge is 2.33. The monoisotopic (exact) mass is 564 g/mol. The second kappa shape index (κ2) is 12.0. The van der Waals surface area contributed by atoms with Crippen molar-refractivity contribution in [3.05, 3.63) is 68.1 Å². The van der Waals surface area contributed by atoms with Crippen LogP contribution in [0, 0.1) is 0 Å². The highest BCUT2D eigenvalue weighted by Crippen LogP contribution is 2.36. The number of hydrogen-bond donors (Lipinski definition) is 1. The molecule has 0 spiro atoms. The lowest BCUT2D eigenvalue weighted by Gasteiger charge is -2.39. The van der Waals surface area contributed by atoms with Crippen LogP contribution in [0.2, 0.25) is 0 Å². The highest BCUT2D eigenvalue weighted by atomic mass is 79.9. The smallest absolute Gasteiger partial charge is 0.0776 e. The number of nitrogens with zero attached hydrogens (tertiary/aromatic N) is 1. The summed E-state index contributed by atoms with van der Waals surface area (Å²) in [4.78, 5) is 2.63. The van der Waals surface area contributed by atoms with Gasteiger partial charge in [0.05, 0.1) is 18.8 Å². The Hall–Kier alpha value is -0.140. The molecule has 0 bridgehead atoms. The topological polar surface area (TPSA) is 24.5 Å². The lowest BCUT2D eigenvalue weighted by Crippen LogP contribution is -2.48. The quantitative estimate of drug-likeness (QED) is 0.465. The van der Waals surface area contributed by atoms with Crippen LogP contribution in [-0.4, -0.2) is 37.2 Å². The van der Waals surface area contributed by atoms with E-state index in [1.807, 2.05) is 0 Å². The number of benzene rings is 2. The first-order valence-electron chi connectivity index (χ1n) is 9.80. The molecule has 0 radical (unpaired) electrons. The van der Waals surface area contributed by atoms with Crippen LogP contribution >= 0.6 is 56.7 Å². The maximum Gasteiger partial charge on any atom is 0.0776 e. The molecule has 2 aromatic carbocycles. The molecule has 29 heavy (non-hydrogen) atoms. The van der Waals surface area contributed by atoms with Gasteiger partial charge < -0.3 is 10.1 Å². The van der Waals surface area contributed by atoms with E-state index < -0.39 is 0 Å². The fourth-order valence-electron chi connectivity index (χ4n) is 4.37. The summed E-state index contributed by atoms with van der Waals surface area (Å²) in [6, 6.07) is 15.7. The Morgan fingerprint density at radius 1 is 1.00 bits per heavy atom. The van der Waals surface area contributed by atoms with Crippen LogP contribution in [0.25, 0.3) is 0 Å². The van der Waals surface area contributed by atoms with Crippen LogP contribution in [-0.2, 0) is 17.8 Å². The second-order valence-electron chi connectivity index (χ2n) is 7.45. The summed E-state index contributed by atoms with van der Waals surface area (Å²) in [5.74, 6) is 0. The summed E-state index contributed by atoms with van der Waals surface area (Å²) in [7, 11) is 0. The minimum absolute atomic E-state index is 0. The third-order valence-electron chi connectivity index (χ3n) is 5.59. The Morgan fingerprint density at radius 3 is 2.41 bits per heavy atom. The first-order valence-corrected chi connectivity index (χ1v) is 11.4. The first-order chi connectivity index (χ1) is 13.2. The van der Waals surface area contributed by atoms with Crippen LogP contribution in [0.5, 0.6) is 0 Å². The number of nitrogens with one attached hydrogen (secondary N) is 1. The summed E-state index contributed by atoms with van der Waals surface area (Å²) < 4.78 is 8.75. The number of ether oxygens (including phenoxy) is 1. The second-order valence-corrected chi connectivity index (χ2v) is 9.28. The Morgan fingerprint density at radius 2 is 1.69 bits per heavy atom. The van der Waals surface area contributed by atoms with E-state index in [4.69, 9.17) is 4.74 Å². The number of fused-ring (bicyclic) bond motifs is 1. The molecule has 1 N–H and O–H groups in total. The maximum atomic E-state index is 6.58. The van der Waals surface area contributed by atoms with Crippen molar-refractivity contribution in [1.82, 2.24) is 10.2 Å². The van der Waals surface area contributed by atoms with Crippen molar-refractivity contribution in [2.45, 2.75) is 38.0 Å². The van der Waals surface area contributed by atoms with Gasteiger partial charge in [-0.25, -0.2) is 0 Å². The molecule has 0 amide bonds. The van der Waals surface area contributed by atoms with Gasteiger partial charge in [-0.3, -0.25) is 4.90 Å². The zero-order valence-corrected chi connectivity index (χ0v) is 21.1. The Balaban J connectivity index is 0.00000150. The molecule has 4 rings (SSSR count). The molecular weight excluding hydrogens is 539 g/mol. The molecule has 0 saturated carbocycles. The number of aryl methyl sites for hydroxylation is 1. The van der Waals surface area contributed by atoms with E-state index in [2.05, 4.69) is 84.5 Å². The Kier molecular flexibility index (Phi) is 10.4. The molecular formula is C22H28Br2Cl2N2O. The molecule has 3 nitrogen and oxygen atoms in total. The molecule has 1 heterocycles. The van der Waals surface area contributed by atoms with Gasteiger partial charge in [0, 0.05) is 35.1 Å². The average Bonchev–Trinajstić information content (AvgIpc) is 2.85. The normalized spacial score (nSPS) is 22.0. The number of hydrogen-bond acceptors (Lipinski definition) is 3. The molecule has 0 aromatic heterocycles. The van der Waals surface area contributed by atoms with Gasteiger partial charge in [0.2, 0.25) is 0 Å². The first kappa shape index (κ1) is 25.1. The van der Waals surface area contributed by atoms with E-state index in [0.717, 1.165) is 48.0 Å². The molecule has 1 aliphatic heterocycles. The van der Waals surface area contributed by atoms with Crippen molar-refractivity contribution in [2.75, 3.05) is 26.2 Å². The standard InChI is InChI=1S/C22H26Br2N2O.2ClH/c23-18-12-16(13-19(24)14-18)15-27-21-7-3-5-17-4-1-2-6-20(17)22(21)26-10-8-25-9-11-26;;/h1-2,4,6,12-14,21-22,25H,3,5,7-11,15H2;2*1H/t21-,22-;;/m0../s1. The molecule has 2 aromatic rings. The molecule has 7 heteroatoms. The molecule has 2 atom stereocenters. The fourth-order valence-corrected chi connectivity index (χ4v) is 5.75. The lowest BCUT2D eigenvalue weighted by atomic mass is 9.95. The number of halogens is 4. The highest BCUT2D eigenvalue weighted by molar-refractivity contribution is 9.11. The van der Waals surface area contributed by atoms with Crippen LogP contribution in [0.15, 0.2) is 51.4 Å². The summed E-state index contributed by atoms with van der Waals surface area (Å²) in [6.45, 7) is 4.93. The van der Waals surface area contributed by atoms with Gasteiger partial charge >= 0.3 is 0 Å². The summed E-state index contributed by atoms with van der Waals surface area (Å²) in [5, 5.41) is 3.49. The minimum atomic E-state index is 0. The van der Waals surface area contributed by atoms with Gasteiger partial charge in [-0.1, -0.05) is 56.1 Å². The number of rotatable bonds is 4. The summed E-state index contributed by atoms with van der Waals surface area (Å²) in [6.07, 6.45) is 3.68.